The first-order valence-electron chi connectivity index (χ1n) is 5.45. The number of aromatic hydroxyl groups is 3. The molecule has 0 amide bonds. The van der Waals surface area contributed by atoms with Crippen LogP contribution in [0.4, 0.5) is 0 Å². The topological polar surface area (TPSA) is 60.7 Å². The molecule has 0 aliphatic rings. The Morgan fingerprint density at radius 3 is 2.06 bits per heavy atom. The molecule has 3 nitrogen and oxygen atoms in total. The summed E-state index contributed by atoms with van der Waals surface area (Å²) in [6.45, 7) is 2.01. The minimum absolute atomic E-state index is 0.00500. The van der Waals surface area contributed by atoms with E-state index in [2.05, 4.69) is 0 Å². The molecule has 0 spiro atoms. The first-order chi connectivity index (χ1) is 8.10. The maximum Gasteiger partial charge on any atom is 0.119 e. The van der Waals surface area contributed by atoms with Gasteiger partial charge in [-0.15, -0.1) is 0 Å². The predicted molar refractivity (Wildman–Crippen MR) is 66.3 cm³/mol. The third-order valence-electron chi connectivity index (χ3n) is 2.69. The molecule has 0 aromatic heterocycles. The minimum atomic E-state index is 0.00500. The normalized spacial score (nSPS) is 10.4. The van der Waals surface area contributed by atoms with Crippen LogP contribution in [0.5, 0.6) is 17.2 Å². The van der Waals surface area contributed by atoms with Crippen LogP contribution in [0.15, 0.2) is 36.4 Å². The minimum Gasteiger partial charge on any atom is -0.508 e. The molecule has 2 rings (SSSR count). The second kappa shape index (κ2) is 4.37. The van der Waals surface area contributed by atoms with Gasteiger partial charge >= 0.3 is 0 Å². The third-order valence-corrected chi connectivity index (χ3v) is 2.69. The van der Waals surface area contributed by atoms with Gasteiger partial charge in [0.1, 0.15) is 17.2 Å². The standard InChI is InChI=1S/C14H14O3/c1-2-9-3-4-11(15)8-14(9)10-5-12(16)7-13(17)6-10/h3-8,15-17H,2H2,1H3. The van der Waals surface area contributed by atoms with Gasteiger partial charge in [0.15, 0.2) is 0 Å². The van der Waals surface area contributed by atoms with Crippen molar-refractivity contribution in [2.45, 2.75) is 13.3 Å². The van der Waals surface area contributed by atoms with E-state index in [4.69, 9.17) is 0 Å². The molecule has 0 aliphatic carbocycles. The quantitative estimate of drug-likeness (QED) is 0.743. The summed E-state index contributed by atoms with van der Waals surface area (Å²) in [7, 11) is 0. The largest absolute Gasteiger partial charge is 0.508 e. The molecular weight excluding hydrogens is 216 g/mol. The Kier molecular flexibility index (Phi) is 2.91. The number of rotatable bonds is 2. The van der Waals surface area contributed by atoms with E-state index in [-0.39, 0.29) is 17.2 Å². The van der Waals surface area contributed by atoms with E-state index in [1.54, 1.807) is 24.3 Å². The van der Waals surface area contributed by atoms with Crippen molar-refractivity contribution in [3.63, 3.8) is 0 Å². The van der Waals surface area contributed by atoms with Gasteiger partial charge in [0.2, 0.25) is 0 Å². The molecule has 3 N–H and O–H groups in total. The van der Waals surface area contributed by atoms with Gasteiger partial charge in [-0.3, -0.25) is 0 Å². The molecule has 0 saturated carbocycles. The zero-order valence-electron chi connectivity index (χ0n) is 9.51. The number of hydrogen-bond acceptors (Lipinski definition) is 3. The van der Waals surface area contributed by atoms with E-state index in [1.807, 2.05) is 13.0 Å². The van der Waals surface area contributed by atoms with Gasteiger partial charge in [0.25, 0.3) is 0 Å². The molecule has 3 heteroatoms. The molecule has 0 bridgehead atoms. The summed E-state index contributed by atoms with van der Waals surface area (Å²) in [5.74, 6) is 0.177. The van der Waals surface area contributed by atoms with E-state index in [1.165, 1.54) is 6.07 Å². The van der Waals surface area contributed by atoms with Crippen LogP contribution in [0.3, 0.4) is 0 Å². The van der Waals surface area contributed by atoms with Gasteiger partial charge in [-0.2, -0.15) is 0 Å². The number of hydrogen-bond donors (Lipinski definition) is 3. The van der Waals surface area contributed by atoms with Crippen LogP contribution >= 0.6 is 0 Å². The molecule has 0 heterocycles. The van der Waals surface area contributed by atoms with Gasteiger partial charge in [0, 0.05) is 6.07 Å². The van der Waals surface area contributed by atoms with Crippen molar-refractivity contribution >= 4 is 0 Å². The van der Waals surface area contributed by atoms with Crippen LogP contribution in [0.2, 0.25) is 0 Å². The first-order valence-corrected chi connectivity index (χ1v) is 5.45. The number of benzene rings is 2. The van der Waals surface area contributed by atoms with Crippen LogP contribution in [0, 0.1) is 0 Å². The van der Waals surface area contributed by atoms with Crippen molar-refractivity contribution in [3.05, 3.63) is 42.0 Å². The molecule has 88 valence electrons. The average Bonchev–Trinajstić information content (AvgIpc) is 2.27. The summed E-state index contributed by atoms with van der Waals surface area (Å²) >= 11 is 0. The monoisotopic (exact) mass is 230 g/mol. The maximum absolute atomic E-state index is 9.51. The Hall–Kier alpha value is -2.16. The number of phenolic OH excluding ortho intramolecular Hbond substituents is 3. The zero-order valence-corrected chi connectivity index (χ0v) is 9.51. The Bertz CT molecular complexity index is 527. The van der Waals surface area contributed by atoms with Crippen molar-refractivity contribution in [3.8, 4) is 28.4 Å². The second-order valence-electron chi connectivity index (χ2n) is 3.93. The molecule has 2 aromatic carbocycles. The summed E-state index contributed by atoms with van der Waals surface area (Å²) in [5, 5.41) is 28.4. The lowest BCUT2D eigenvalue weighted by atomic mass is 9.97. The highest BCUT2D eigenvalue weighted by molar-refractivity contribution is 5.71. The summed E-state index contributed by atoms with van der Waals surface area (Å²) in [6.07, 6.45) is 0.812. The Balaban J connectivity index is 2.62. The third kappa shape index (κ3) is 2.33. The molecule has 0 atom stereocenters. The van der Waals surface area contributed by atoms with Crippen LogP contribution in [-0.4, -0.2) is 15.3 Å². The van der Waals surface area contributed by atoms with E-state index < -0.39 is 0 Å². The van der Waals surface area contributed by atoms with E-state index in [0.717, 1.165) is 17.5 Å². The molecule has 17 heavy (non-hydrogen) atoms. The molecule has 2 aromatic rings. The van der Waals surface area contributed by atoms with Gasteiger partial charge in [0.05, 0.1) is 0 Å². The molecule has 0 radical (unpaired) electrons. The van der Waals surface area contributed by atoms with Crippen molar-refractivity contribution < 1.29 is 15.3 Å². The fourth-order valence-electron chi connectivity index (χ4n) is 1.89. The maximum atomic E-state index is 9.51. The lowest BCUT2D eigenvalue weighted by Gasteiger charge is -2.09. The van der Waals surface area contributed by atoms with E-state index in [9.17, 15) is 15.3 Å². The van der Waals surface area contributed by atoms with Gasteiger partial charge in [-0.25, -0.2) is 0 Å². The second-order valence-corrected chi connectivity index (χ2v) is 3.93. The van der Waals surface area contributed by atoms with Crippen LogP contribution < -0.4 is 0 Å². The molecule has 0 fully saturated rings. The summed E-state index contributed by atoms with van der Waals surface area (Å²) in [4.78, 5) is 0. The Labute approximate surface area is 99.6 Å². The number of phenols is 3. The van der Waals surface area contributed by atoms with Crippen LogP contribution in [-0.2, 0) is 6.42 Å². The number of aryl methyl sites for hydroxylation is 1. The Morgan fingerprint density at radius 1 is 0.824 bits per heavy atom. The zero-order chi connectivity index (χ0) is 12.4. The van der Waals surface area contributed by atoms with Crippen LogP contribution in [0.25, 0.3) is 11.1 Å². The highest BCUT2D eigenvalue weighted by Gasteiger charge is 2.07. The van der Waals surface area contributed by atoms with Crippen molar-refractivity contribution in [2.24, 2.45) is 0 Å². The van der Waals surface area contributed by atoms with E-state index in [0.29, 0.717) is 5.56 Å². The summed E-state index contributed by atoms with van der Waals surface area (Å²) < 4.78 is 0. The fourth-order valence-corrected chi connectivity index (χ4v) is 1.89. The summed E-state index contributed by atoms with van der Waals surface area (Å²) in [6, 6.07) is 9.50. The molecule has 0 aliphatic heterocycles. The molecule has 0 unspecified atom stereocenters. The highest BCUT2D eigenvalue weighted by Crippen LogP contribution is 2.32. The smallest absolute Gasteiger partial charge is 0.119 e. The Morgan fingerprint density at radius 2 is 1.47 bits per heavy atom. The molecular formula is C14H14O3. The SMILES string of the molecule is CCc1ccc(O)cc1-c1cc(O)cc(O)c1. The van der Waals surface area contributed by atoms with Crippen molar-refractivity contribution in [2.75, 3.05) is 0 Å². The van der Waals surface area contributed by atoms with E-state index >= 15 is 0 Å². The van der Waals surface area contributed by atoms with Gasteiger partial charge in [-0.05, 0) is 47.4 Å². The average molecular weight is 230 g/mol. The molecule has 0 saturated heterocycles. The lowest BCUT2D eigenvalue weighted by Crippen LogP contribution is -1.87. The van der Waals surface area contributed by atoms with Crippen LogP contribution in [0.1, 0.15) is 12.5 Å². The first kappa shape index (κ1) is 11.3. The van der Waals surface area contributed by atoms with Gasteiger partial charge < -0.3 is 15.3 Å². The highest BCUT2D eigenvalue weighted by atomic mass is 16.3. The van der Waals surface area contributed by atoms with Crippen molar-refractivity contribution in [1.82, 2.24) is 0 Å². The van der Waals surface area contributed by atoms with Crippen molar-refractivity contribution in [1.29, 1.82) is 0 Å². The summed E-state index contributed by atoms with van der Waals surface area (Å²) in [5.41, 5.74) is 2.56. The fraction of sp³-hybridized carbons (Fsp3) is 0.143. The predicted octanol–water partition coefficient (Wildman–Crippen LogP) is 3.03. The lowest BCUT2D eigenvalue weighted by molar-refractivity contribution is 0.451. The van der Waals surface area contributed by atoms with Gasteiger partial charge in [-0.1, -0.05) is 13.0 Å².